The first-order chi connectivity index (χ1) is 21.4. The third kappa shape index (κ3) is 7.14. The summed E-state index contributed by atoms with van der Waals surface area (Å²) in [5, 5.41) is 15.0. The minimum Gasteiger partial charge on any atom is -0.381 e. The molecule has 0 aliphatic carbocycles. The van der Waals surface area contributed by atoms with Gasteiger partial charge in [0.15, 0.2) is 5.65 Å². The molecule has 1 fully saturated rings. The van der Waals surface area contributed by atoms with Gasteiger partial charge in [-0.3, -0.25) is 14.4 Å². The van der Waals surface area contributed by atoms with Crippen LogP contribution < -0.4 is 16.0 Å². The van der Waals surface area contributed by atoms with Gasteiger partial charge in [0.05, 0.1) is 17.3 Å². The standard InChI is InChI=1S/C34H40N6O4/c1-4-30-28(33(38-26-11-13-44-14-12-26)29-20-37-40(5-2)34(29)39-30)19-36-32(43)17-31(42)35-18-23-10-9-22(3)27(16-23)25-8-6-7-24(15-25)21-41/h6-10,15-16,20-21,26H,4-5,11-14,17-19H2,1-3H3,(H,35,42)(H,36,43)(H,38,39). The number of rotatable bonds is 12. The second kappa shape index (κ2) is 14.3. The van der Waals surface area contributed by atoms with Gasteiger partial charge < -0.3 is 20.7 Å². The average Bonchev–Trinajstić information content (AvgIpc) is 3.47. The van der Waals surface area contributed by atoms with Crippen LogP contribution in [0.1, 0.15) is 65.9 Å². The summed E-state index contributed by atoms with van der Waals surface area (Å²) in [6, 6.07) is 13.6. The zero-order chi connectivity index (χ0) is 31.1. The van der Waals surface area contributed by atoms with Crippen molar-refractivity contribution in [3.05, 3.63) is 76.6 Å². The maximum Gasteiger partial charge on any atom is 0.229 e. The van der Waals surface area contributed by atoms with E-state index in [-0.39, 0.29) is 37.4 Å². The van der Waals surface area contributed by atoms with Crippen molar-refractivity contribution in [1.29, 1.82) is 0 Å². The average molecular weight is 597 g/mol. The van der Waals surface area contributed by atoms with Crippen LogP contribution in [0.2, 0.25) is 0 Å². The van der Waals surface area contributed by atoms with E-state index >= 15 is 0 Å². The predicted octanol–water partition coefficient (Wildman–Crippen LogP) is 4.72. The van der Waals surface area contributed by atoms with Gasteiger partial charge >= 0.3 is 0 Å². The highest BCUT2D eigenvalue weighted by Gasteiger charge is 2.22. The summed E-state index contributed by atoms with van der Waals surface area (Å²) in [6.45, 7) is 8.75. The lowest BCUT2D eigenvalue weighted by molar-refractivity contribution is -0.129. The Hall–Kier alpha value is -4.57. The summed E-state index contributed by atoms with van der Waals surface area (Å²) in [5.41, 5.74) is 8.07. The van der Waals surface area contributed by atoms with E-state index in [1.54, 1.807) is 6.07 Å². The number of aldehydes is 1. The van der Waals surface area contributed by atoms with E-state index in [4.69, 9.17) is 9.72 Å². The second-order valence-corrected chi connectivity index (χ2v) is 11.1. The monoisotopic (exact) mass is 596 g/mol. The van der Waals surface area contributed by atoms with Gasteiger partial charge in [0.2, 0.25) is 11.8 Å². The number of carbonyl (C=O) groups excluding carboxylic acids is 3. The summed E-state index contributed by atoms with van der Waals surface area (Å²) in [4.78, 5) is 41.8. The van der Waals surface area contributed by atoms with Crippen molar-refractivity contribution in [1.82, 2.24) is 25.4 Å². The van der Waals surface area contributed by atoms with E-state index in [0.717, 1.165) is 69.4 Å². The molecule has 3 N–H and O–H groups in total. The number of aromatic nitrogens is 3. The van der Waals surface area contributed by atoms with Gasteiger partial charge in [0, 0.05) is 55.7 Å². The van der Waals surface area contributed by atoms with Crippen LogP contribution in [0.4, 0.5) is 5.69 Å². The number of amides is 2. The molecule has 0 saturated carbocycles. The molecule has 0 radical (unpaired) electrons. The summed E-state index contributed by atoms with van der Waals surface area (Å²) in [6.07, 6.45) is 4.86. The van der Waals surface area contributed by atoms with Crippen molar-refractivity contribution >= 4 is 34.8 Å². The first kappa shape index (κ1) is 30.9. The fourth-order valence-corrected chi connectivity index (χ4v) is 5.63. The smallest absolute Gasteiger partial charge is 0.229 e. The minimum absolute atomic E-state index is 0.250. The van der Waals surface area contributed by atoms with Crippen molar-refractivity contribution < 1.29 is 19.1 Å². The SMILES string of the molecule is CCc1nc2c(cnn2CC)c(NC2CCOCC2)c1CNC(=O)CC(=O)NCc1ccc(C)c(-c2cccc(C=O)c2)c1. The van der Waals surface area contributed by atoms with E-state index in [2.05, 4.69) is 21.0 Å². The Morgan fingerprint density at radius 2 is 1.82 bits per heavy atom. The summed E-state index contributed by atoms with van der Waals surface area (Å²) >= 11 is 0. The molecule has 230 valence electrons. The topological polar surface area (TPSA) is 127 Å². The van der Waals surface area contributed by atoms with E-state index < -0.39 is 0 Å². The molecule has 1 aliphatic heterocycles. The molecule has 0 spiro atoms. The lowest BCUT2D eigenvalue weighted by Crippen LogP contribution is -2.32. The maximum atomic E-state index is 12.9. The number of nitrogens with one attached hydrogen (secondary N) is 3. The number of hydrogen-bond acceptors (Lipinski definition) is 7. The third-order valence-corrected chi connectivity index (χ3v) is 8.08. The zero-order valence-corrected chi connectivity index (χ0v) is 25.6. The van der Waals surface area contributed by atoms with Crippen LogP contribution in [0.15, 0.2) is 48.7 Å². The number of benzene rings is 2. The number of pyridine rings is 1. The van der Waals surface area contributed by atoms with Gasteiger partial charge in [-0.25, -0.2) is 9.67 Å². The number of carbonyl (C=O) groups is 3. The van der Waals surface area contributed by atoms with Gasteiger partial charge in [-0.05, 0) is 67.5 Å². The van der Waals surface area contributed by atoms with Gasteiger partial charge in [0.25, 0.3) is 0 Å². The molecule has 0 unspecified atom stereocenters. The highest BCUT2D eigenvalue weighted by molar-refractivity contribution is 5.97. The van der Waals surface area contributed by atoms with E-state index in [9.17, 15) is 14.4 Å². The predicted molar refractivity (Wildman–Crippen MR) is 170 cm³/mol. The summed E-state index contributed by atoms with van der Waals surface area (Å²) in [5.74, 6) is -0.720. The first-order valence-corrected chi connectivity index (χ1v) is 15.3. The summed E-state index contributed by atoms with van der Waals surface area (Å²) < 4.78 is 7.43. The normalized spacial score (nSPS) is 13.5. The molecule has 2 aromatic heterocycles. The molecule has 44 heavy (non-hydrogen) atoms. The van der Waals surface area contributed by atoms with Crippen molar-refractivity contribution in [3.63, 3.8) is 0 Å². The Balaban J connectivity index is 1.24. The number of hydrogen-bond donors (Lipinski definition) is 3. The molecule has 4 aromatic rings. The molecule has 2 aromatic carbocycles. The molecule has 1 saturated heterocycles. The second-order valence-electron chi connectivity index (χ2n) is 11.1. The quantitative estimate of drug-likeness (QED) is 0.160. The van der Waals surface area contributed by atoms with Crippen LogP contribution >= 0.6 is 0 Å². The Kier molecular flexibility index (Phi) is 10.0. The summed E-state index contributed by atoms with van der Waals surface area (Å²) in [7, 11) is 0. The van der Waals surface area contributed by atoms with Crippen molar-refractivity contribution in [2.75, 3.05) is 18.5 Å². The number of nitrogens with zero attached hydrogens (tertiary/aromatic N) is 3. The van der Waals surface area contributed by atoms with Gasteiger partial charge in [0.1, 0.15) is 12.7 Å². The Morgan fingerprint density at radius 3 is 2.55 bits per heavy atom. The van der Waals surface area contributed by atoms with Gasteiger partial charge in [-0.1, -0.05) is 37.3 Å². The van der Waals surface area contributed by atoms with Crippen LogP contribution in [0.25, 0.3) is 22.2 Å². The van der Waals surface area contributed by atoms with Gasteiger partial charge in [-0.2, -0.15) is 5.10 Å². The third-order valence-electron chi connectivity index (χ3n) is 8.08. The lowest BCUT2D eigenvalue weighted by Gasteiger charge is -2.26. The molecule has 1 aliphatic rings. The lowest BCUT2D eigenvalue weighted by atomic mass is 9.97. The molecule has 10 heteroatoms. The Morgan fingerprint density at radius 1 is 1.05 bits per heavy atom. The van der Waals surface area contributed by atoms with Crippen LogP contribution in [0.5, 0.6) is 0 Å². The minimum atomic E-state index is -0.360. The Bertz CT molecular complexity index is 1660. The van der Waals surface area contributed by atoms with Crippen LogP contribution in [-0.4, -0.2) is 52.1 Å². The zero-order valence-electron chi connectivity index (χ0n) is 25.6. The van der Waals surface area contributed by atoms with Crippen molar-refractivity contribution in [2.45, 2.75) is 72.1 Å². The molecular formula is C34H40N6O4. The molecule has 0 bridgehead atoms. The van der Waals surface area contributed by atoms with E-state index in [0.29, 0.717) is 31.7 Å². The molecule has 5 rings (SSSR count). The number of ether oxygens (including phenoxy) is 1. The van der Waals surface area contributed by atoms with E-state index in [1.807, 2.05) is 68.0 Å². The Labute approximate surface area is 257 Å². The number of aryl methyl sites for hydroxylation is 3. The largest absolute Gasteiger partial charge is 0.381 e. The molecule has 10 nitrogen and oxygen atoms in total. The first-order valence-electron chi connectivity index (χ1n) is 15.3. The number of anilines is 1. The molecule has 3 heterocycles. The van der Waals surface area contributed by atoms with Crippen LogP contribution in [0, 0.1) is 6.92 Å². The molecular weight excluding hydrogens is 556 g/mol. The maximum absolute atomic E-state index is 12.9. The van der Waals surface area contributed by atoms with Crippen LogP contribution in [-0.2, 0) is 40.4 Å². The fraction of sp³-hybridized carbons (Fsp3) is 0.382. The molecule has 2 amide bonds. The van der Waals surface area contributed by atoms with Crippen molar-refractivity contribution in [2.24, 2.45) is 0 Å². The van der Waals surface area contributed by atoms with Crippen LogP contribution in [0.3, 0.4) is 0 Å². The van der Waals surface area contributed by atoms with Crippen molar-refractivity contribution in [3.8, 4) is 11.1 Å². The number of fused-ring (bicyclic) bond motifs is 1. The van der Waals surface area contributed by atoms with Gasteiger partial charge in [-0.15, -0.1) is 0 Å². The molecule has 0 atom stereocenters. The highest BCUT2D eigenvalue weighted by Crippen LogP contribution is 2.31. The fourth-order valence-electron chi connectivity index (χ4n) is 5.63. The highest BCUT2D eigenvalue weighted by atomic mass is 16.5. The van der Waals surface area contributed by atoms with E-state index in [1.165, 1.54) is 0 Å².